The number of hydrogen-bond acceptors (Lipinski definition) is 6. The Labute approximate surface area is 194 Å². The van der Waals surface area contributed by atoms with Crippen molar-refractivity contribution >= 4 is 34.5 Å². The van der Waals surface area contributed by atoms with Crippen LogP contribution in [0.5, 0.6) is 0 Å². The fourth-order valence-corrected chi connectivity index (χ4v) is 4.63. The van der Waals surface area contributed by atoms with Crippen molar-refractivity contribution < 1.29 is 19.2 Å². The normalized spacial score (nSPS) is 13.5. The lowest BCUT2D eigenvalue weighted by molar-refractivity contribution is 0.0979. The molecule has 2 aliphatic carbocycles. The third kappa shape index (κ3) is 2.75. The number of carbonyl (C=O) groups excluding carboxylic acids is 4. The minimum atomic E-state index is -0.259. The van der Waals surface area contributed by atoms with Gasteiger partial charge in [0.2, 0.25) is 0 Å². The SMILES string of the molecule is O=C1c2ccccc2C(=O)c2c(NNc3cccc4c3C(=O)c3ccccc3C4=O)cccc21. The smallest absolute Gasteiger partial charge is 0.196 e. The molecule has 0 fully saturated rings. The van der Waals surface area contributed by atoms with Crippen LogP contribution in [0.4, 0.5) is 11.4 Å². The zero-order chi connectivity index (χ0) is 23.4. The van der Waals surface area contributed by atoms with E-state index in [4.69, 9.17) is 0 Å². The van der Waals surface area contributed by atoms with E-state index >= 15 is 0 Å². The van der Waals surface area contributed by atoms with Crippen LogP contribution in [0.25, 0.3) is 0 Å². The van der Waals surface area contributed by atoms with E-state index < -0.39 is 0 Å². The summed E-state index contributed by atoms with van der Waals surface area (Å²) in [6, 6.07) is 23.5. The Morgan fingerprint density at radius 3 is 1.06 bits per heavy atom. The van der Waals surface area contributed by atoms with Crippen LogP contribution in [-0.2, 0) is 0 Å². The molecule has 2 N–H and O–H groups in total. The van der Waals surface area contributed by atoms with Crippen molar-refractivity contribution in [3.05, 3.63) is 129 Å². The van der Waals surface area contributed by atoms with Crippen molar-refractivity contribution in [1.82, 2.24) is 0 Å². The van der Waals surface area contributed by atoms with Crippen molar-refractivity contribution in [2.75, 3.05) is 10.9 Å². The van der Waals surface area contributed by atoms with E-state index in [1.165, 1.54) is 0 Å². The van der Waals surface area contributed by atoms with Crippen molar-refractivity contribution in [2.24, 2.45) is 0 Å². The topological polar surface area (TPSA) is 92.3 Å². The second-order valence-corrected chi connectivity index (χ2v) is 8.11. The van der Waals surface area contributed by atoms with E-state index in [1.807, 2.05) is 0 Å². The molecule has 162 valence electrons. The molecular weight excluding hydrogens is 428 g/mol. The van der Waals surface area contributed by atoms with Gasteiger partial charge in [0.1, 0.15) is 0 Å². The van der Waals surface area contributed by atoms with Crippen LogP contribution in [0, 0.1) is 0 Å². The number of nitrogens with one attached hydrogen (secondary N) is 2. The van der Waals surface area contributed by atoms with Gasteiger partial charge in [-0.2, -0.15) is 0 Å². The highest BCUT2D eigenvalue weighted by Gasteiger charge is 2.33. The molecule has 6 rings (SSSR count). The van der Waals surface area contributed by atoms with Crippen molar-refractivity contribution in [3.8, 4) is 0 Å². The van der Waals surface area contributed by atoms with Crippen molar-refractivity contribution in [3.63, 3.8) is 0 Å². The fraction of sp³-hybridized carbons (Fsp3) is 0. The molecule has 0 amide bonds. The van der Waals surface area contributed by atoms with Crippen LogP contribution in [0.3, 0.4) is 0 Å². The average molecular weight is 444 g/mol. The number of ketones is 4. The Kier molecular flexibility index (Phi) is 4.28. The van der Waals surface area contributed by atoms with Crippen molar-refractivity contribution in [2.45, 2.75) is 0 Å². The van der Waals surface area contributed by atoms with Crippen LogP contribution in [0.2, 0.25) is 0 Å². The van der Waals surface area contributed by atoms with E-state index in [0.29, 0.717) is 44.8 Å². The molecule has 0 spiro atoms. The Morgan fingerprint density at radius 2 is 0.676 bits per heavy atom. The third-order valence-electron chi connectivity index (χ3n) is 6.24. The summed E-state index contributed by atoms with van der Waals surface area (Å²) in [5, 5.41) is 0. The van der Waals surface area contributed by atoms with Gasteiger partial charge >= 0.3 is 0 Å². The zero-order valence-corrected chi connectivity index (χ0v) is 17.7. The van der Waals surface area contributed by atoms with E-state index in [1.54, 1.807) is 84.9 Å². The van der Waals surface area contributed by atoms with E-state index in [-0.39, 0.29) is 34.3 Å². The van der Waals surface area contributed by atoms with E-state index in [0.717, 1.165) is 0 Å². The largest absolute Gasteiger partial charge is 0.300 e. The first kappa shape index (κ1) is 19.8. The molecule has 4 aromatic carbocycles. The van der Waals surface area contributed by atoms with E-state index in [2.05, 4.69) is 10.9 Å². The molecule has 0 radical (unpaired) electrons. The van der Waals surface area contributed by atoms with Gasteiger partial charge < -0.3 is 10.9 Å². The number of hydrogen-bond donors (Lipinski definition) is 2. The number of hydrazine groups is 1. The summed E-state index contributed by atoms with van der Waals surface area (Å²) in [5.41, 5.74) is 9.39. The van der Waals surface area contributed by atoms with Gasteiger partial charge in [0.25, 0.3) is 0 Å². The summed E-state index contributed by atoms with van der Waals surface area (Å²) in [6.07, 6.45) is 0. The highest BCUT2D eigenvalue weighted by Crippen LogP contribution is 2.34. The highest BCUT2D eigenvalue weighted by molar-refractivity contribution is 6.31. The number of rotatable bonds is 3. The number of benzene rings is 4. The fourth-order valence-electron chi connectivity index (χ4n) is 4.63. The van der Waals surface area contributed by atoms with Crippen molar-refractivity contribution in [1.29, 1.82) is 0 Å². The Morgan fingerprint density at radius 1 is 0.353 bits per heavy atom. The predicted molar refractivity (Wildman–Crippen MR) is 127 cm³/mol. The average Bonchev–Trinajstić information content (AvgIpc) is 2.88. The molecule has 0 aromatic heterocycles. The van der Waals surface area contributed by atoms with Crippen LogP contribution in [0.1, 0.15) is 63.7 Å². The summed E-state index contributed by atoms with van der Waals surface area (Å²) in [7, 11) is 0. The monoisotopic (exact) mass is 444 g/mol. The van der Waals surface area contributed by atoms with Gasteiger partial charge in [0.15, 0.2) is 23.1 Å². The van der Waals surface area contributed by atoms with Gasteiger partial charge in [-0.1, -0.05) is 72.8 Å². The first-order valence-electron chi connectivity index (χ1n) is 10.7. The molecule has 0 aliphatic heterocycles. The van der Waals surface area contributed by atoms with Gasteiger partial charge in [-0.25, -0.2) is 0 Å². The molecule has 6 heteroatoms. The maximum Gasteiger partial charge on any atom is 0.196 e. The number of anilines is 2. The van der Waals surface area contributed by atoms with Gasteiger partial charge in [-0.15, -0.1) is 0 Å². The van der Waals surface area contributed by atoms with Crippen LogP contribution in [0.15, 0.2) is 84.9 Å². The third-order valence-corrected chi connectivity index (χ3v) is 6.24. The molecule has 2 aliphatic rings. The lowest BCUT2D eigenvalue weighted by atomic mass is 9.83. The number of fused-ring (bicyclic) bond motifs is 4. The summed E-state index contributed by atoms with van der Waals surface area (Å²) in [5.74, 6) is -0.956. The molecule has 0 atom stereocenters. The summed E-state index contributed by atoms with van der Waals surface area (Å²) in [4.78, 5) is 52.4. The quantitative estimate of drug-likeness (QED) is 0.385. The van der Waals surface area contributed by atoms with Crippen LogP contribution >= 0.6 is 0 Å². The number of carbonyl (C=O) groups is 4. The molecule has 0 bridgehead atoms. The molecule has 0 unspecified atom stereocenters. The summed E-state index contributed by atoms with van der Waals surface area (Å²) in [6.45, 7) is 0. The molecular formula is C28H16N2O4. The molecule has 0 heterocycles. The molecule has 0 saturated heterocycles. The van der Waals surface area contributed by atoms with Gasteiger partial charge in [0.05, 0.1) is 22.5 Å². The zero-order valence-electron chi connectivity index (χ0n) is 17.7. The second-order valence-electron chi connectivity index (χ2n) is 8.11. The van der Waals surface area contributed by atoms with Crippen LogP contribution < -0.4 is 10.9 Å². The maximum absolute atomic E-state index is 13.2. The molecule has 34 heavy (non-hydrogen) atoms. The Balaban J connectivity index is 1.39. The Hall–Kier alpha value is -4.84. The first-order chi connectivity index (χ1) is 16.6. The van der Waals surface area contributed by atoms with Gasteiger partial charge in [0, 0.05) is 33.4 Å². The lowest BCUT2D eigenvalue weighted by Gasteiger charge is -2.23. The predicted octanol–water partition coefficient (Wildman–Crippen LogP) is 4.68. The minimum absolute atomic E-state index is 0.219. The minimum Gasteiger partial charge on any atom is -0.300 e. The molecule has 0 saturated carbocycles. The summed E-state index contributed by atoms with van der Waals surface area (Å²) < 4.78 is 0. The van der Waals surface area contributed by atoms with Gasteiger partial charge in [-0.3, -0.25) is 19.2 Å². The molecule has 4 aromatic rings. The maximum atomic E-state index is 13.2. The summed E-state index contributed by atoms with van der Waals surface area (Å²) >= 11 is 0. The van der Waals surface area contributed by atoms with Crippen LogP contribution in [-0.4, -0.2) is 23.1 Å². The van der Waals surface area contributed by atoms with Gasteiger partial charge in [-0.05, 0) is 12.1 Å². The highest BCUT2D eigenvalue weighted by atomic mass is 16.1. The first-order valence-corrected chi connectivity index (χ1v) is 10.7. The standard InChI is InChI=1S/C28H16N2O4/c31-25-15-7-1-3-9-17(15)27(33)23-19(25)11-5-13-21(23)29-30-22-14-6-12-20-24(22)28(34)18-10-4-2-8-16(18)26(20)32/h1-14,29-30H. The van der Waals surface area contributed by atoms with E-state index in [9.17, 15) is 19.2 Å². The Bertz CT molecular complexity index is 1470. The molecule has 6 nitrogen and oxygen atoms in total. The second kappa shape index (κ2) is 7.35. The lowest BCUT2D eigenvalue weighted by Crippen LogP contribution is -2.25.